The Morgan fingerprint density at radius 1 is 1.19 bits per heavy atom. The van der Waals surface area contributed by atoms with Crippen LogP contribution in [-0.2, 0) is 11.7 Å². The van der Waals surface area contributed by atoms with Crippen LogP contribution in [0.1, 0.15) is 37.3 Å². The maximum atomic E-state index is 12.7. The number of aromatic nitrogens is 1. The van der Waals surface area contributed by atoms with Crippen LogP contribution in [0.4, 0.5) is 13.2 Å². The molecule has 2 nitrogen and oxygen atoms in total. The molecule has 21 heavy (non-hydrogen) atoms. The lowest BCUT2D eigenvalue weighted by atomic mass is 9.95. The van der Waals surface area contributed by atoms with Crippen LogP contribution < -0.4 is 5.73 Å². The van der Waals surface area contributed by atoms with Gasteiger partial charge in [0.05, 0.1) is 16.8 Å². The second-order valence-corrected chi connectivity index (χ2v) is 5.84. The van der Waals surface area contributed by atoms with E-state index < -0.39 is 17.3 Å². The summed E-state index contributed by atoms with van der Waals surface area (Å²) in [5, 5.41) is 2.53. The Morgan fingerprint density at radius 2 is 1.86 bits per heavy atom. The van der Waals surface area contributed by atoms with Crippen LogP contribution >= 0.6 is 11.3 Å². The highest BCUT2D eigenvalue weighted by molar-refractivity contribution is 7.10. The van der Waals surface area contributed by atoms with Gasteiger partial charge in [0.15, 0.2) is 0 Å². The van der Waals surface area contributed by atoms with E-state index in [0.717, 1.165) is 30.0 Å². The first kappa shape index (κ1) is 16.0. The monoisotopic (exact) mass is 314 g/mol. The molecule has 2 rings (SSSR count). The Hall–Kier alpha value is -1.40. The summed E-state index contributed by atoms with van der Waals surface area (Å²) in [4.78, 5) is 4.44. The van der Waals surface area contributed by atoms with E-state index in [-0.39, 0.29) is 0 Å². The number of halogens is 3. The summed E-state index contributed by atoms with van der Waals surface area (Å²) in [7, 11) is 0. The van der Waals surface area contributed by atoms with Crippen molar-refractivity contribution in [3.05, 3.63) is 40.2 Å². The van der Waals surface area contributed by atoms with Gasteiger partial charge in [-0.05, 0) is 25.0 Å². The molecule has 1 heterocycles. The number of thiazole rings is 1. The predicted octanol–water partition coefficient (Wildman–Crippen LogP) is 4.80. The van der Waals surface area contributed by atoms with E-state index in [2.05, 4.69) is 4.98 Å². The van der Waals surface area contributed by atoms with Gasteiger partial charge in [0.1, 0.15) is 5.01 Å². The van der Waals surface area contributed by atoms with Crippen molar-refractivity contribution in [3.8, 4) is 11.3 Å². The average Bonchev–Trinajstić information content (AvgIpc) is 2.96. The van der Waals surface area contributed by atoms with Crippen molar-refractivity contribution in [1.29, 1.82) is 0 Å². The van der Waals surface area contributed by atoms with Gasteiger partial charge in [-0.1, -0.05) is 26.0 Å². The van der Waals surface area contributed by atoms with Crippen molar-refractivity contribution in [2.24, 2.45) is 5.73 Å². The molecule has 2 N–H and O–H groups in total. The lowest BCUT2D eigenvalue weighted by Gasteiger charge is -2.23. The fraction of sp³-hybridized carbons (Fsp3) is 0.400. The second-order valence-electron chi connectivity index (χ2n) is 4.98. The highest BCUT2D eigenvalue weighted by Crippen LogP contribution is 2.34. The Morgan fingerprint density at radius 3 is 2.43 bits per heavy atom. The first-order chi connectivity index (χ1) is 9.80. The average molecular weight is 314 g/mol. The number of hydrogen-bond acceptors (Lipinski definition) is 3. The molecule has 0 saturated heterocycles. The van der Waals surface area contributed by atoms with Crippen LogP contribution in [0.2, 0.25) is 0 Å². The molecule has 0 saturated carbocycles. The maximum absolute atomic E-state index is 12.7. The smallest absolute Gasteiger partial charge is 0.319 e. The third-order valence-electron chi connectivity index (χ3n) is 3.68. The van der Waals surface area contributed by atoms with Crippen LogP contribution in [0.5, 0.6) is 0 Å². The number of nitrogens with two attached hydrogens (primary N) is 1. The quantitative estimate of drug-likeness (QED) is 0.880. The van der Waals surface area contributed by atoms with Gasteiger partial charge in [0, 0.05) is 10.9 Å². The minimum absolute atomic E-state index is 0.460. The lowest BCUT2D eigenvalue weighted by Crippen LogP contribution is -2.34. The van der Waals surface area contributed by atoms with Crippen molar-refractivity contribution < 1.29 is 13.2 Å². The van der Waals surface area contributed by atoms with Gasteiger partial charge in [-0.15, -0.1) is 11.3 Å². The van der Waals surface area contributed by atoms with Gasteiger partial charge in [-0.25, -0.2) is 4.98 Å². The van der Waals surface area contributed by atoms with Crippen LogP contribution in [0.25, 0.3) is 11.3 Å². The molecule has 0 spiro atoms. The minimum Gasteiger partial charge on any atom is -0.319 e. The van der Waals surface area contributed by atoms with Gasteiger partial charge in [0.2, 0.25) is 0 Å². The van der Waals surface area contributed by atoms with E-state index in [0.29, 0.717) is 11.3 Å². The summed E-state index contributed by atoms with van der Waals surface area (Å²) in [6.07, 6.45) is -2.88. The van der Waals surface area contributed by atoms with Crippen LogP contribution in [0.15, 0.2) is 29.6 Å². The molecule has 1 aromatic heterocycles. The summed E-state index contributed by atoms with van der Waals surface area (Å²) in [5.41, 5.74) is 6.10. The third kappa shape index (κ3) is 3.27. The van der Waals surface area contributed by atoms with Crippen LogP contribution in [-0.4, -0.2) is 4.98 Å². The molecule has 0 aliphatic carbocycles. The number of rotatable bonds is 4. The zero-order valence-electron chi connectivity index (χ0n) is 11.9. The van der Waals surface area contributed by atoms with Crippen molar-refractivity contribution in [2.75, 3.05) is 0 Å². The van der Waals surface area contributed by atoms with E-state index in [1.807, 2.05) is 13.8 Å². The van der Waals surface area contributed by atoms with Crippen molar-refractivity contribution >= 4 is 11.3 Å². The summed E-state index contributed by atoms with van der Waals surface area (Å²) in [6, 6.07) is 5.20. The maximum Gasteiger partial charge on any atom is 0.416 e. The third-order valence-corrected chi connectivity index (χ3v) is 4.74. The fourth-order valence-electron chi connectivity index (χ4n) is 2.04. The van der Waals surface area contributed by atoms with E-state index in [4.69, 9.17) is 5.73 Å². The van der Waals surface area contributed by atoms with Crippen LogP contribution in [0, 0.1) is 0 Å². The lowest BCUT2D eigenvalue weighted by molar-refractivity contribution is -0.137. The molecule has 114 valence electrons. The minimum atomic E-state index is -4.35. The SMILES string of the molecule is CCC(N)(CC)c1nc(-c2cccc(C(F)(F)F)c2)cs1. The van der Waals surface area contributed by atoms with E-state index in [1.165, 1.54) is 17.4 Å². The summed E-state index contributed by atoms with van der Waals surface area (Å²) < 4.78 is 38.2. The zero-order valence-corrected chi connectivity index (χ0v) is 12.7. The zero-order chi connectivity index (χ0) is 15.7. The standard InChI is InChI=1S/C15H17F3N2S/c1-3-14(19,4-2)13-20-12(9-21-13)10-6-5-7-11(8-10)15(16,17)18/h5-9H,3-4,19H2,1-2H3. The van der Waals surface area contributed by atoms with Crippen molar-refractivity contribution in [1.82, 2.24) is 4.98 Å². The molecule has 0 aliphatic rings. The molecule has 0 aliphatic heterocycles. The predicted molar refractivity (Wildman–Crippen MR) is 79.0 cm³/mol. The highest BCUT2D eigenvalue weighted by atomic mass is 32.1. The second kappa shape index (κ2) is 5.77. The first-order valence-electron chi connectivity index (χ1n) is 6.72. The number of hydrogen-bond donors (Lipinski definition) is 1. The molecule has 1 aromatic carbocycles. The van der Waals surface area contributed by atoms with Gasteiger partial charge in [0.25, 0.3) is 0 Å². The normalized spacial score (nSPS) is 12.7. The Balaban J connectivity index is 2.39. The van der Waals surface area contributed by atoms with Gasteiger partial charge in [-0.2, -0.15) is 13.2 Å². The molecule has 6 heteroatoms. The molecule has 0 unspecified atom stereocenters. The van der Waals surface area contributed by atoms with Gasteiger partial charge in [-0.3, -0.25) is 0 Å². The Kier molecular flexibility index (Phi) is 4.39. The topological polar surface area (TPSA) is 38.9 Å². The largest absolute Gasteiger partial charge is 0.416 e. The van der Waals surface area contributed by atoms with E-state index in [9.17, 15) is 13.2 Å². The molecule has 2 aromatic rings. The Bertz CT molecular complexity index is 615. The van der Waals surface area contributed by atoms with E-state index in [1.54, 1.807) is 11.4 Å². The molecule has 0 bridgehead atoms. The first-order valence-corrected chi connectivity index (χ1v) is 7.60. The highest BCUT2D eigenvalue weighted by Gasteiger charge is 2.31. The fourth-order valence-corrected chi connectivity index (χ4v) is 3.13. The number of nitrogens with zero attached hydrogens (tertiary/aromatic N) is 1. The van der Waals surface area contributed by atoms with E-state index >= 15 is 0 Å². The molecule has 0 atom stereocenters. The summed E-state index contributed by atoms with van der Waals surface area (Å²) in [5.74, 6) is 0. The molecule has 0 radical (unpaired) electrons. The molecule has 0 amide bonds. The van der Waals surface area contributed by atoms with Crippen molar-refractivity contribution in [2.45, 2.75) is 38.4 Å². The van der Waals surface area contributed by atoms with Gasteiger partial charge < -0.3 is 5.73 Å². The molecular formula is C15H17F3N2S. The number of alkyl halides is 3. The summed E-state index contributed by atoms with van der Waals surface area (Å²) >= 11 is 1.40. The number of benzene rings is 1. The molecule has 0 fully saturated rings. The Labute approximate surface area is 125 Å². The van der Waals surface area contributed by atoms with Gasteiger partial charge >= 0.3 is 6.18 Å². The van der Waals surface area contributed by atoms with Crippen LogP contribution in [0.3, 0.4) is 0 Å². The summed E-state index contributed by atoms with van der Waals surface area (Å²) in [6.45, 7) is 3.96. The molecular weight excluding hydrogens is 297 g/mol. The van der Waals surface area contributed by atoms with Crippen molar-refractivity contribution in [3.63, 3.8) is 0 Å².